The molecule has 5 rings (SSSR count). The standard InChI is InChI=1S/C33H35ClFN5O3/c1-4-9-22-10-5-6-12-27(22)40-28-21-23(31-26(35)11-7-13-29(31)41)25(34)20-24(28)32(36-33(40)43)39-18-16-38(17-19-39)30(42)14-8-15-37(2)3/h5-8,10-14,20-21,41H,4,9,15-19H2,1-3H3/b14-8+. The third-order valence-electron chi connectivity index (χ3n) is 7.59. The van der Waals surface area contributed by atoms with Crippen molar-refractivity contribution in [3.05, 3.63) is 93.6 Å². The van der Waals surface area contributed by atoms with Crippen molar-refractivity contribution in [1.29, 1.82) is 0 Å². The minimum atomic E-state index is -0.628. The number of hydrogen-bond donors (Lipinski definition) is 1. The van der Waals surface area contributed by atoms with Gasteiger partial charge in [-0.25, -0.2) is 9.18 Å². The fraction of sp³-hybridized carbons (Fsp3) is 0.303. The van der Waals surface area contributed by atoms with Crippen LogP contribution in [0.5, 0.6) is 5.75 Å². The maximum atomic E-state index is 15.0. The van der Waals surface area contributed by atoms with Crippen LogP contribution in [-0.4, -0.2) is 77.2 Å². The van der Waals surface area contributed by atoms with Crippen LogP contribution in [0.4, 0.5) is 10.2 Å². The first-order valence-electron chi connectivity index (χ1n) is 14.4. The first kappa shape index (κ1) is 30.3. The predicted molar refractivity (Wildman–Crippen MR) is 170 cm³/mol. The monoisotopic (exact) mass is 603 g/mol. The Morgan fingerprint density at radius 2 is 1.84 bits per heavy atom. The van der Waals surface area contributed by atoms with E-state index < -0.39 is 11.5 Å². The van der Waals surface area contributed by atoms with Crippen molar-refractivity contribution in [2.45, 2.75) is 19.8 Å². The van der Waals surface area contributed by atoms with E-state index in [-0.39, 0.29) is 27.8 Å². The number of phenolic OH excluding ortho intramolecular Hbond substituents is 1. The van der Waals surface area contributed by atoms with Crippen molar-refractivity contribution in [2.24, 2.45) is 0 Å². The SMILES string of the molecule is CCCc1ccccc1-n1c(=O)nc(N2CCN(C(=O)/C=C/CN(C)C)CC2)c2cc(Cl)c(-c3c(O)cccc3F)cc21. The number of phenols is 1. The molecule has 4 aromatic rings. The summed E-state index contributed by atoms with van der Waals surface area (Å²) in [6, 6.07) is 15.1. The molecule has 8 nitrogen and oxygen atoms in total. The van der Waals surface area contributed by atoms with Crippen molar-refractivity contribution in [3.8, 4) is 22.6 Å². The minimum Gasteiger partial charge on any atom is -0.507 e. The summed E-state index contributed by atoms with van der Waals surface area (Å²) in [7, 11) is 3.88. The normalized spacial score (nSPS) is 13.9. The Morgan fingerprint density at radius 3 is 2.53 bits per heavy atom. The van der Waals surface area contributed by atoms with Gasteiger partial charge in [0.25, 0.3) is 0 Å². The number of likely N-dealkylation sites (N-methyl/N-ethyl adjacent to an activating group) is 1. The fourth-order valence-electron chi connectivity index (χ4n) is 5.49. The maximum absolute atomic E-state index is 15.0. The number of amides is 1. The van der Waals surface area contributed by atoms with E-state index in [0.29, 0.717) is 55.1 Å². The summed E-state index contributed by atoms with van der Waals surface area (Å²) in [5.74, 6) is -0.488. The van der Waals surface area contributed by atoms with Crippen molar-refractivity contribution >= 4 is 34.2 Å². The van der Waals surface area contributed by atoms with Gasteiger partial charge in [0.15, 0.2) is 0 Å². The number of para-hydroxylation sites is 1. The van der Waals surface area contributed by atoms with E-state index in [9.17, 15) is 14.7 Å². The van der Waals surface area contributed by atoms with Gasteiger partial charge in [0, 0.05) is 54.8 Å². The number of anilines is 1. The zero-order valence-corrected chi connectivity index (χ0v) is 25.3. The van der Waals surface area contributed by atoms with Crippen LogP contribution in [0.25, 0.3) is 27.7 Å². The van der Waals surface area contributed by atoms with Gasteiger partial charge in [-0.2, -0.15) is 4.98 Å². The fourth-order valence-corrected chi connectivity index (χ4v) is 5.75. The van der Waals surface area contributed by atoms with Crippen LogP contribution in [0.1, 0.15) is 18.9 Å². The third kappa shape index (κ3) is 6.28. The van der Waals surface area contributed by atoms with E-state index in [1.54, 1.807) is 23.1 Å². The molecule has 3 aromatic carbocycles. The number of halogens is 2. The predicted octanol–water partition coefficient (Wildman–Crippen LogP) is 5.27. The molecule has 0 unspecified atom stereocenters. The van der Waals surface area contributed by atoms with E-state index >= 15 is 4.39 Å². The maximum Gasteiger partial charge on any atom is 0.354 e. The molecule has 1 N–H and O–H groups in total. The molecule has 0 saturated carbocycles. The second-order valence-corrected chi connectivity index (χ2v) is 11.3. The molecule has 2 heterocycles. The molecule has 0 bridgehead atoms. The summed E-state index contributed by atoms with van der Waals surface area (Å²) < 4.78 is 16.6. The van der Waals surface area contributed by atoms with Gasteiger partial charge in [0.2, 0.25) is 5.91 Å². The Bertz CT molecular complexity index is 1720. The lowest BCUT2D eigenvalue weighted by Gasteiger charge is -2.35. The Kier molecular flexibility index (Phi) is 9.13. The third-order valence-corrected chi connectivity index (χ3v) is 7.91. The molecule has 1 saturated heterocycles. The van der Waals surface area contributed by atoms with Crippen molar-refractivity contribution < 1.29 is 14.3 Å². The highest BCUT2D eigenvalue weighted by molar-refractivity contribution is 6.34. The number of benzene rings is 3. The van der Waals surface area contributed by atoms with Gasteiger partial charge in [-0.3, -0.25) is 9.36 Å². The Labute approximate surface area is 255 Å². The average molecular weight is 604 g/mol. The minimum absolute atomic E-state index is 0.0388. The molecule has 224 valence electrons. The van der Waals surface area contributed by atoms with E-state index in [1.165, 1.54) is 22.8 Å². The highest BCUT2D eigenvalue weighted by atomic mass is 35.5. The molecule has 1 amide bonds. The Hall–Kier alpha value is -4.21. The highest BCUT2D eigenvalue weighted by Crippen LogP contribution is 2.40. The van der Waals surface area contributed by atoms with E-state index in [4.69, 9.17) is 11.6 Å². The number of aromatic hydroxyl groups is 1. The average Bonchev–Trinajstić information content (AvgIpc) is 2.98. The van der Waals surface area contributed by atoms with Gasteiger partial charge < -0.3 is 19.8 Å². The number of aryl methyl sites for hydroxylation is 1. The first-order valence-corrected chi connectivity index (χ1v) is 14.7. The van der Waals surface area contributed by atoms with Crippen LogP contribution in [0, 0.1) is 5.82 Å². The first-order chi connectivity index (χ1) is 20.7. The van der Waals surface area contributed by atoms with Gasteiger partial charge >= 0.3 is 5.69 Å². The lowest BCUT2D eigenvalue weighted by Crippen LogP contribution is -2.49. The Balaban J connectivity index is 1.63. The molecule has 1 aliphatic heterocycles. The molecule has 1 aromatic heterocycles. The topological polar surface area (TPSA) is 81.9 Å². The molecule has 43 heavy (non-hydrogen) atoms. The van der Waals surface area contributed by atoms with Gasteiger partial charge in [0.05, 0.1) is 16.8 Å². The van der Waals surface area contributed by atoms with Gasteiger partial charge in [-0.05, 0) is 56.4 Å². The van der Waals surface area contributed by atoms with E-state index in [1.807, 2.05) is 54.2 Å². The number of fused-ring (bicyclic) bond motifs is 1. The van der Waals surface area contributed by atoms with E-state index in [0.717, 1.165) is 18.4 Å². The number of aromatic nitrogens is 2. The molecule has 0 radical (unpaired) electrons. The number of piperazine rings is 1. The molecule has 1 fully saturated rings. The molecule has 10 heteroatoms. The second kappa shape index (κ2) is 13.0. The number of carbonyl (C=O) groups excluding carboxylic acids is 1. The molecule has 0 aliphatic carbocycles. The summed E-state index contributed by atoms with van der Waals surface area (Å²) in [5.41, 5.74) is 1.89. The Morgan fingerprint density at radius 1 is 1.09 bits per heavy atom. The van der Waals surface area contributed by atoms with Crippen LogP contribution < -0.4 is 10.6 Å². The van der Waals surface area contributed by atoms with Gasteiger partial charge in [-0.15, -0.1) is 0 Å². The van der Waals surface area contributed by atoms with E-state index in [2.05, 4.69) is 11.9 Å². The molecule has 1 aliphatic rings. The molecular weight excluding hydrogens is 569 g/mol. The van der Waals surface area contributed by atoms with Gasteiger partial charge in [0.1, 0.15) is 17.4 Å². The van der Waals surface area contributed by atoms with Crippen LogP contribution in [0.3, 0.4) is 0 Å². The molecule has 0 spiro atoms. The largest absolute Gasteiger partial charge is 0.507 e. The molecule has 0 atom stereocenters. The summed E-state index contributed by atoms with van der Waals surface area (Å²) in [6.07, 6.45) is 5.06. The van der Waals surface area contributed by atoms with Crippen LogP contribution >= 0.6 is 11.6 Å². The smallest absolute Gasteiger partial charge is 0.354 e. The van der Waals surface area contributed by atoms with Gasteiger partial charge in [-0.1, -0.05) is 55.3 Å². The highest BCUT2D eigenvalue weighted by Gasteiger charge is 2.26. The lowest BCUT2D eigenvalue weighted by atomic mass is 10.0. The summed E-state index contributed by atoms with van der Waals surface area (Å²) >= 11 is 6.77. The zero-order valence-electron chi connectivity index (χ0n) is 24.6. The summed E-state index contributed by atoms with van der Waals surface area (Å²) in [6.45, 7) is 4.61. The molecular formula is C33H35ClFN5O3. The van der Waals surface area contributed by atoms with Crippen LogP contribution in [0.15, 0.2) is 71.5 Å². The quantitative estimate of drug-likeness (QED) is 0.276. The zero-order chi connectivity index (χ0) is 30.7. The summed E-state index contributed by atoms with van der Waals surface area (Å²) in [4.78, 5) is 36.9. The lowest BCUT2D eigenvalue weighted by molar-refractivity contribution is -0.126. The van der Waals surface area contributed by atoms with Crippen LogP contribution in [-0.2, 0) is 11.2 Å². The van der Waals surface area contributed by atoms with Crippen molar-refractivity contribution in [2.75, 3.05) is 51.7 Å². The number of hydrogen-bond acceptors (Lipinski definition) is 6. The second-order valence-electron chi connectivity index (χ2n) is 10.9. The van der Waals surface area contributed by atoms with Crippen molar-refractivity contribution in [1.82, 2.24) is 19.4 Å². The summed E-state index contributed by atoms with van der Waals surface area (Å²) in [5, 5.41) is 11.4. The number of nitrogens with zero attached hydrogens (tertiary/aromatic N) is 5. The van der Waals surface area contributed by atoms with Crippen molar-refractivity contribution in [3.63, 3.8) is 0 Å². The number of rotatable bonds is 8. The number of carbonyl (C=O) groups is 1. The van der Waals surface area contributed by atoms with Crippen LogP contribution in [0.2, 0.25) is 5.02 Å².